The molecule has 0 heterocycles. The molecule has 0 bridgehead atoms. The van der Waals surface area contributed by atoms with Crippen molar-refractivity contribution in [1.82, 2.24) is 4.72 Å². The number of hydrogen-bond acceptors (Lipinski definition) is 3. The molecule has 0 radical (unpaired) electrons. The summed E-state index contributed by atoms with van der Waals surface area (Å²) in [5.41, 5.74) is -0.502. The van der Waals surface area contributed by atoms with Gasteiger partial charge in [-0.3, -0.25) is 0 Å². The third kappa shape index (κ3) is 5.01. The summed E-state index contributed by atoms with van der Waals surface area (Å²) >= 11 is 11.4. The minimum Gasteiger partial charge on any atom is -0.505 e. The number of benzene rings is 2. The van der Waals surface area contributed by atoms with Crippen molar-refractivity contribution in [2.45, 2.75) is 17.5 Å². The smallest absolute Gasteiger partial charge is 0.416 e. The molecule has 25 heavy (non-hydrogen) atoms. The number of halogens is 5. The molecule has 0 aliphatic heterocycles. The number of sulfonamides is 1. The van der Waals surface area contributed by atoms with Crippen LogP contribution in [0.2, 0.25) is 10.0 Å². The Balaban J connectivity index is 2.12. The number of phenols is 1. The van der Waals surface area contributed by atoms with E-state index < -0.39 is 32.4 Å². The molecule has 4 nitrogen and oxygen atoms in total. The standard InChI is InChI=1S/C15H12Cl2F3NO3S/c16-11-7-12(17)14(22)13(8-11)25(23,24)21-5-4-9-2-1-3-10(6-9)15(18,19)20/h1-3,6-8,21-22H,4-5H2. The SMILES string of the molecule is O=S(=O)(NCCc1cccc(C(F)(F)F)c1)c1cc(Cl)cc(Cl)c1O. The zero-order chi connectivity index (χ0) is 18.8. The van der Waals surface area contributed by atoms with Crippen LogP contribution in [0, 0.1) is 0 Å². The van der Waals surface area contributed by atoms with E-state index in [0.717, 1.165) is 18.2 Å². The average molecular weight is 414 g/mol. The summed E-state index contributed by atoms with van der Waals surface area (Å²) in [6.07, 6.45) is -4.45. The zero-order valence-electron chi connectivity index (χ0n) is 12.4. The first-order valence-corrected chi connectivity index (χ1v) is 9.08. The lowest BCUT2D eigenvalue weighted by atomic mass is 10.1. The van der Waals surface area contributed by atoms with Crippen LogP contribution in [0.3, 0.4) is 0 Å². The number of alkyl halides is 3. The molecule has 0 amide bonds. The maximum absolute atomic E-state index is 12.7. The number of phenolic OH excluding ortho intramolecular Hbond substituents is 1. The molecule has 0 aliphatic rings. The Morgan fingerprint density at radius 1 is 1.12 bits per heavy atom. The summed E-state index contributed by atoms with van der Waals surface area (Å²) in [5, 5.41) is 9.55. The topological polar surface area (TPSA) is 66.4 Å². The molecule has 0 spiro atoms. The Labute approximate surface area is 152 Å². The first-order chi connectivity index (χ1) is 11.5. The molecule has 136 valence electrons. The predicted octanol–water partition coefficient (Wildman–Crippen LogP) is 4.24. The third-order valence-electron chi connectivity index (χ3n) is 3.24. The number of nitrogens with one attached hydrogen (secondary N) is 1. The molecule has 10 heteroatoms. The fourth-order valence-corrected chi connectivity index (χ4v) is 3.84. The highest BCUT2D eigenvalue weighted by molar-refractivity contribution is 7.89. The van der Waals surface area contributed by atoms with Crippen LogP contribution in [0.15, 0.2) is 41.3 Å². The van der Waals surface area contributed by atoms with E-state index in [4.69, 9.17) is 23.2 Å². The second kappa shape index (κ2) is 7.41. The first-order valence-electron chi connectivity index (χ1n) is 6.84. The number of hydrogen-bond donors (Lipinski definition) is 2. The van der Waals surface area contributed by atoms with Gasteiger partial charge in [0.05, 0.1) is 10.6 Å². The van der Waals surface area contributed by atoms with E-state index in [9.17, 15) is 26.7 Å². The van der Waals surface area contributed by atoms with Gasteiger partial charge < -0.3 is 5.11 Å². The van der Waals surface area contributed by atoms with Gasteiger partial charge in [0.1, 0.15) is 4.90 Å². The van der Waals surface area contributed by atoms with Gasteiger partial charge >= 0.3 is 6.18 Å². The van der Waals surface area contributed by atoms with Crippen molar-refractivity contribution < 1.29 is 26.7 Å². The Kier molecular flexibility index (Phi) is 5.88. The Hall–Kier alpha value is -1.48. The highest BCUT2D eigenvalue weighted by Gasteiger charge is 2.30. The van der Waals surface area contributed by atoms with Crippen molar-refractivity contribution in [2.24, 2.45) is 0 Å². The van der Waals surface area contributed by atoms with Crippen LogP contribution in [0.1, 0.15) is 11.1 Å². The van der Waals surface area contributed by atoms with Gasteiger partial charge in [-0.05, 0) is 30.2 Å². The van der Waals surface area contributed by atoms with Gasteiger partial charge in [-0.2, -0.15) is 13.2 Å². The molecule has 0 fully saturated rings. The van der Waals surface area contributed by atoms with Crippen LogP contribution in [-0.2, 0) is 22.6 Å². The molecule has 0 saturated heterocycles. The lowest BCUT2D eigenvalue weighted by molar-refractivity contribution is -0.137. The van der Waals surface area contributed by atoms with E-state index in [1.807, 2.05) is 0 Å². The molecular weight excluding hydrogens is 402 g/mol. The maximum Gasteiger partial charge on any atom is 0.416 e. The Bertz CT molecular complexity index is 886. The Morgan fingerprint density at radius 3 is 2.44 bits per heavy atom. The van der Waals surface area contributed by atoms with Crippen LogP contribution in [0.4, 0.5) is 13.2 Å². The van der Waals surface area contributed by atoms with E-state index >= 15 is 0 Å². The van der Waals surface area contributed by atoms with E-state index in [0.29, 0.717) is 5.56 Å². The van der Waals surface area contributed by atoms with E-state index in [1.54, 1.807) is 0 Å². The van der Waals surface area contributed by atoms with Gasteiger partial charge in [-0.1, -0.05) is 41.4 Å². The monoisotopic (exact) mass is 413 g/mol. The van der Waals surface area contributed by atoms with E-state index in [-0.39, 0.29) is 23.0 Å². The summed E-state index contributed by atoms with van der Waals surface area (Å²) in [6, 6.07) is 6.78. The van der Waals surface area contributed by atoms with Crippen molar-refractivity contribution >= 4 is 33.2 Å². The number of rotatable bonds is 5. The van der Waals surface area contributed by atoms with E-state index in [1.165, 1.54) is 18.2 Å². The molecule has 0 aromatic heterocycles. The van der Waals surface area contributed by atoms with Crippen molar-refractivity contribution in [1.29, 1.82) is 0 Å². The fraction of sp³-hybridized carbons (Fsp3) is 0.200. The van der Waals surface area contributed by atoms with Crippen LogP contribution < -0.4 is 4.72 Å². The summed E-state index contributed by atoms with van der Waals surface area (Å²) in [7, 11) is -4.14. The van der Waals surface area contributed by atoms with Crippen molar-refractivity contribution in [3.8, 4) is 5.75 Å². The van der Waals surface area contributed by atoms with Crippen LogP contribution in [0.25, 0.3) is 0 Å². The maximum atomic E-state index is 12.7. The quantitative estimate of drug-likeness (QED) is 0.770. The second-order valence-electron chi connectivity index (χ2n) is 5.08. The third-order valence-corrected chi connectivity index (χ3v) is 5.22. The van der Waals surface area contributed by atoms with Gasteiger partial charge in [0.25, 0.3) is 0 Å². The molecule has 0 atom stereocenters. The number of aromatic hydroxyl groups is 1. The molecule has 2 N–H and O–H groups in total. The Morgan fingerprint density at radius 2 is 1.80 bits per heavy atom. The van der Waals surface area contributed by atoms with Crippen LogP contribution in [0.5, 0.6) is 5.75 Å². The van der Waals surface area contributed by atoms with E-state index in [2.05, 4.69) is 4.72 Å². The van der Waals surface area contributed by atoms with Crippen molar-refractivity contribution in [3.05, 3.63) is 57.6 Å². The zero-order valence-corrected chi connectivity index (χ0v) is 14.8. The van der Waals surface area contributed by atoms with Gasteiger partial charge in [-0.15, -0.1) is 0 Å². The fourth-order valence-electron chi connectivity index (χ4n) is 2.06. The van der Waals surface area contributed by atoms with Gasteiger partial charge in [0.15, 0.2) is 5.75 Å². The predicted molar refractivity (Wildman–Crippen MR) is 88.5 cm³/mol. The summed E-state index contributed by atoms with van der Waals surface area (Å²) in [4.78, 5) is -0.506. The van der Waals surface area contributed by atoms with Crippen LogP contribution in [-0.4, -0.2) is 20.1 Å². The lowest BCUT2D eigenvalue weighted by Gasteiger charge is -2.11. The molecule has 2 rings (SSSR count). The van der Waals surface area contributed by atoms with Gasteiger partial charge in [-0.25, -0.2) is 13.1 Å². The summed E-state index contributed by atoms with van der Waals surface area (Å²) in [5.74, 6) is -0.655. The van der Waals surface area contributed by atoms with Gasteiger partial charge in [0, 0.05) is 11.6 Å². The average Bonchev–Trinajstić information content (AvgIpc) is 2.50. The normalized spacial score (nSPS) is 12.4. The highest BCUT2D eigenvalue weighted by atomic mass is 35.5. The lowest BCUT2D eigenvalue weighted by Crippen LogP contribution is -2.26. The minimum absolute atomic E-state index is 0.0149. The molecule has 0 aliphatic carbocycles. The second-order valence-corrected chi connectivity index (χ2v) is 7.66. The van der Waals surface area contributed by atoms with Crippen molar-refractivity contribution in [3.63, 3.8) is 0 Å². The molecule has 2 aromatic carbocycles. The summed E-state index contributed by atoms with van der Waals surface area (Å²) in [6.45, 7) is -0.173. The molecule has 0 saturated carbocycles. The molecular formula is C15H12Cl2F3NO3S. The summed E-state index contributed by atoms with van der Waals surface area (Å²) < 4.78 is 64.6. The minimum atomic E-state index is -4.47. The first kappa shape index (κ1) is 19.8. The highest BCUT2D eigenvalue weighted by Crippen LogP contribution is 2.34. The van der Waals surface area contributed by atoms with Crippen LogP contribution >= 0.6 is 23.2 Å². The molecule has 0 unspecified atom stereocenters. The van der Waals surface area contributed by atoms with Gasteiger partial charge in [0.2, 0.25) is 10.0 Å². The van der Waals surface area contributed by atoms with Crippen molar-refractivity contribution in [2.75, 3.05) is 6.54 Å². The largest absolute Gasteiger partial charge is 0.505 e. The molecule has 2 aromatic rings.